The molecule has 2 saturated heterocycles. The third-order valence-corrected chi connectivity index (χ3v) is 3.86. The van der Waals surface area contributed by atoms with E-state index >= 15 is 0 Å². The highest BCUT2D eigenvalue weighted by Crippen LogP contribution is 2.10. The van der Waals surface area contributed by atoms with E-state index in [2.05, 4.69) is 28.1 Å². The number of piperazine rings is 1. The normalized spacial score (nSPS) is 31.1. The van der Waals surface area contributed by atoms with Crippen LogP contribution >= 0.6 is 0 Å². The molecule has 2 aliphatic heterocycles. The molecule has 1 N–H and O–H groups in total. The molecule has 0 aliphatic carbocycles. The van der Waals surface area contributed by atoms with Crippen molar-refractivity contribution in [2.45, 2.75) is 25.4 Å². The molecule has 5 heteroatoms. The molecule has 102 valence electrons. The third-order valence-electron chi connectivity index (χ3n) is 3.86. The van der Waals surface area contributed by atoms with Crippen molar-refractivity contribution >= 4 is 0 Å². The van der Waals surface area contributed by atoms with Crippen LogP contribution in [0.5, 0.6) is 0 Å². The molecule has 0 bridgehead atoms. The van der Waals surface area contributed by atoms with Crippen LogP contribution in [0.15, 0.2) is 0 Å². The first kappa shape index (κ1) is 13.8. The Morgan fingerprint density at radius 2 is 2.11 bits per heavy atom. The zero-order valence-corrected chi connectivity index (χ0v) is 11.3. The molecular formula is C13H24N4O. The summed E-state index contributed by atoms with van der Waals surface area (Å²) >= 11 is 0. The highest BCUT2D eigenvalue weighted by Gasteiger charge is 2.25. The summed E-state index contributed by atoms with van der Waals surface area (Å²) in [6.07, 6.45) is 0.628. The molecule has 2 aliphatic rings. The number of hydrogen-bond donors (Lipinski definition) is 1. The summed E-state index contributed by atoms with van der Waals surface area (Å²) in [5.41, 5.74) is 0. The highest BCUT2D eigenvalue weighted by atomic mass is 16.5. The lowest BCUT2D eigenvalue weighted by Gasteiger charge is -2.39. The Labute approximate surface area is 110 Å². The number of ether oxygens (including phenoxy) is 1. The van der Waals surface area contributed by atoms with Crippen molar-refractivity contribution in [2.75, 3.05) is 52.5 Å². The van der Waals surface area contributed by atoms with E-state index in [4.69, 9.17) is 10.00 Å². The van der Waals surface area contributed by atoms with Gasteiger partial charge in [-0.25, -0.2) is 0 Å². The van der Waals surface area contributed by atoms with Gasteiger partial charge in [-0.05, 0) is 6.92 Å². The fourth-order valence-corrected chi connectivity index (χ4v) is 2.71. The van der Waals surface area contributed by atoms with Gasteiger partial charge < -0.3 is 10.1 Å². The first-order valence-electron chi connectivity index (χ1n) is 6.94. The van der Waals surface area contributed by atoms with Crippen LogP contribution in [0.1, 0.15) is 13.3 Å². The van der Waals surface area contributed by atoms with Crippen LogP contribution in [-0.4, -0.2) is 74.4 Å². The molecule has 0 aromatic rings. The van der Waals surface area contributed by atoms with E-state index in [1.807, 2.05) is 0 Å². The lowest BCUT2D eigenvalue weighted by atomic mass is 10.1. The van der Waals surface area contributed by atoms with E-state index in [1.54, 1.807) is 0 Å². The average molecular weight is 252 g/mol. The molecule has 0 aromatic carbocycles. The second-order valence-corrected chi connectivity index (χ2v) is 5.27. The van der Waals surface area contributed by atoms with Crippen LogP contribution in [0.25, 0.3) is 0 Å². The minimum absolute atomic E-state index is 0.382. The smallest absolute Gasteiger partial charge is 0.0638 e. The molecule has 0 radical (unpaired) electrons. The predicted octanol–water partition coefficient (Wildman–Crippen LogP) is -0.105. The Hall–Kier alpha value is -0.670. The van der Waals surface area contributed by atoms with Crippen molar-refractivity contribution in [1.29, 1.82) is 5.26 Å². The molecule has 2 unspecified atom stereocenters. The molecule has 2 rings (SSSR count). The molecule has 18 heavy (non-hydrogen) atoms. The highest BCUT2D eigenvalue weighted by molar-refractivity contribution is 4.90. The quantitative estimate of drug-likeness (QED) is 0.757. The van der Waals surface area contributed by atoms with Gasteiger partial charge in [0.05, 0.1) is 25.7 Å². The van der Waals surface area contributed by atoms with Gasteiger partial charge in [-0.2, -0.15) is 5.26 Å². The summed E-state index contributed by atoms with van der Waals surface area (Å²) in [6, 6.07) is 3.22. The minimum atomic E-state index is 0.382. The number of rotatable bonds is 4. The van der Waals surface area contributed by atoms with Crippen molar-refractivity contribution in [1.82, 2.24) is 15.1 Å². The largest absolute Gasteiger partial charge is 0.379 e. The van der Waals surface area contributed by atoms with Gasteiger partial charge in [0.2, 0.25) is 0 Å². The van der Waals surface area contributed by atoms with Gasteiger partial charge in [-0.3, -0.25) is 9.80 Å². The molecular weight excluding hydrogens is 228 g/mol. The van der Waals surface area contributed by atoms with Crippen molar-refractivity contribution in [3.63, 3.8) is 0 Å². The molecule has 2 atom stereocenters. The van der Waals surface area contributed by atoms with Crippen LogP contribution in [0.3, 0.4) is 0 Å². The second-order valence-electron chi connectivity index (χ2n) is 5.27. The van der Waals surface area contributed by atoms with Crippen LogP contribution in [0.4, 0.5) is 0 Å². The van der Waals surface area contributed by atoms with Crippen molar-refractivity contribution in [3.8, 4) is 6.07 Å². The fourth-order valence-electron chi connectivity index (χ4n) is 2.71. The van der Waals surface area contributed by atoms with Gasteiger partial charge in [0.25, 0.3) is 0 Å². The fraction of sp³-hybridized carbons (Fsp3) is 0.923. The SMILES string of the molecule is CC1CN(CCN2CCOCC2)C(CC#N)CN1. The first-order valence-corrected chi connectivity index (χ1v) is 6.94. The molecule has 0 amide bonds. The average Bonchev–Trinajstić information content (AvgIpc) is 2.40. The van der Waals surface area contributed by atoms with Crippen LogP contribution in [0, 0.1) is 11.3 Å². The van der Waals surface area contributed by atoms with Crippen LogP contribution in [0.2, 0.25) is 0 Å². The standard InChI is InChI=1S/C13H24N4O/c1-12-11-17(13(2-3-14)10-15-12)5-4-16-6-8-18-9-7-16/h12-13,15H,2,4-11H2,1H3. The molecule has 2 heterocycles. The first-order chi connectivity index (χ1) is 8.79. The number of morpholine rings is 1. The van der Waals surface area contributed by atoms with Crippen LogP contribution in [-0.2, 0) is 4.74 Å². The maximum Gasteiger partial charge on any atom is 0.0638 e. The third kappa shape index (κ3) is 3.92. The van der Waals surface area contributed by atoms with Crippen molar-refractivity contribution in [2.24, 2.45) is 0 Å². The second kappa shape index (κ2) is 7.05. The van der Waals surface area contributed by atoms with Gasteiger partial charge in [0, 0.05) is 51.4 Å². The number of nitriles is 1. The van der Waals surface area contributed by atoms with Gasteiger partial charge in [-0.15, -0.1) is 0 Å². The zero-order valence-electron chi connectivity index (χ0n) is 11.3. The summed E-state index contributed by atoms with van der Waals surface area (Å²) in [6.45, 7) is 10.2. The molecule has 5 nitrogen and oxygen atoms in total. The van der Waals surface area contributed by atoms with Gasteiger partial charge >= 0.3 is 0 Å². The number of hydrogen-bond acceptors (Lipinski definition) is 5. The van der Waals surface area contributed by atoms with Gasteiger partial charge in [0.15, 0.2) is 0 Å². The number of nitrogens with one attached hydrogen (secondary N) is 1. The van der Waals surface area contributed by atoms with Gasteiger partial charge in [-0.1, -0.05) is 0 Å². The molecule has 0 aromatic heterocycles. The van der Waals surface area contributed by atoms with E-state index in [-0.39, 0.29) is 0 Å². The Morgan fingerprint density at radius 1 is 1.33 bits per heavy atom. The Morgan fingerprint density at radius 3 is 2.83 bits per heavy atom. The lowest BCUT2D eigenvalue weighted by molar-refractivity contribution is 0.0278. The molecule has 0 saturated carbocycles. The predicted molar refractivity (Wildman–Crippen MR) is 70.3 cm³/mol. The van der Waals surface area contributed by atoms with Crippen LogP contribution < -0.4 is 5.32 Å². The maximum absolute atomic E-state index is 8.89. The van der Waals surface area contributed by atoms with E-state index in [1.165, 1.54) is 0 Å². The summed E-state index contributed by atoms with van der Waals surface area (Å²) in [4.78, 5) is 4.93. The summed E-state index contributed by atoms with van der Waals surface area (Å²) in [5.74, 6) is 0. The lowest BCUT2D eigenvalue weighted by Crippen LogP contribution is -2.57. The minimum Gasteiger partial charge on any atom is -0.379 e. The maximum atomic E-state index is 8.89. The van der Waals surface area contributed by atoms with E-state index in [0.29, 0.717) is 18.5 Å². The summed E-state index contributed by atoms with van der Waals surface area (Å²) in [7, 11) is 0. The van der Waals surface area contributed by atoms with E-state index in [9.17, 15) is 0 Å². The van der Waals surface area contributed by atoms with Gasteiger partial charge in [0.1, 0.15) is 0 Å². The topological polar surface area (TPSA) is 51.5 Å². The Kier molecular flexibility index (Phi) is 5.39. The Balaban J connectivity index is 1.78. The van der Waals surface area contributed by atoms with Crippen molar-refractivity contribution in [3.05, 3.63) is 0 Å². The Bertz CT molecular complexity index is 285. The van der Waals surface area contributed by atoms with E-state index in [0.717, 1.165) is 52.5 Å². The van der Waals surface area contributed by atoms with E-state index < -0.39 is 0 Å². The zero-order chi connectivity index (χ0) is 12.8. The molecule has 2 fully saturated rings. The summed E-state index contributed by atoms with van der Waals surface area (Å²) in [5, 5.41) is 12.3. The van der Waals surface area contributed by atoms with Crippen molar-refractivity contribution < 1.29 is 4.74 Å². The molecule has 0 spiro atoms. The monoisotopic (exact) mass is 252 g/mol. The summed E-state index contributed by atoms with van der Waals surface area (Å²) < 4.78 is 5.36. The number of nitrogens with zero attached hydrogens (tertiary/aromatic N) is 3.